The predicted molar refractivity (Wildman–Crippen MR) is 81.0 cm³/mol. The molecule has 0 saturated heterocycles. The summed E-state index contributed by atoms with van der Waals surface area (Å²) in [7, 11) is -10.8. The van der Waals surface area contributed by atoms with Crippen molar-refractivity contribution in [2.24, 2.45) is 0 Å². The first-order valence-electron chi connectivity index (χ1n) is 6.30. The molecular weight excluding hydrogens is 366 g/mol. The molecule has 126 valence electrons. The van der Waals surface area contributed by atoms with Gasteiger partial charge in [-0.1, -0.05) is 24.3 Å². The quantitative estimate of drug-likeness (QED) is 0.527. The molecule has 0 aliphatic heterocycles. The van der Waals surface area contributed by atoms with Crippen LogP contribution in [0.25, 0.3) is 21.5 Å². The van der Waals surface area contributed by atoms with E-state index in [1.165, 1.54) is 6.07 Å². The fourth-order valence-corrected chi connectivity index (χ4v) is 4.60. The summed E-state index contributed by atoms with van der Waals surface area (Å²) in [6.07, 6.45) is 0. The van der Waals surface area contributed by atoms with Crippen molar-refractivity contribution in [3.05, 3.63) is 48.0 Å². The second-order valence-electron chi connectivity index (χ2n) is 4.98. The van der Waals surface area contributed by atoms with Crippen molar-refractivity contribution in [3.63, 3.8) is 0 Å². The van der Waals surface area contributed by atoms with Crippen LogP contribution in [0, 0.1) is 11.6 Å². The van der Waals surface area contributed by atoms with Gasteiger partial charge in [-0.2, -0.15) is 16.8 Å². The van der Waals surface area contributed by atoms with Gasteiger partial charge >= 0.3 is 0 Å². The highest BCUT2D eigenvalue weighted by molar-refractivity contribution is 7.89. The minimum Gasteiger partial charge on any atom is -0.282 e. The second-order valence-corrected chi connectivity index (χ2v) is 7.70. The summed E-state index contributed by atoms with van der Waals surface area (Å²) >= 11 is 0. The lowest BCUT2D eigenvalue weighted by Gasteiger charge is -2.12. The summed E-state index contributed by atoms with van der Waals surface area (Å²) in [4.78, 5) is -3.24. The van der Waals surface area contributed by atoms with E-state index in [0.717, 1.165) is 12.1 Å². The molecule has 0 aromatic heterocycles. The summed E-state index contributed by atoms with van der Waals surface area (Å²) in [6, 6.07) is 8.48. The first kappa shape index (κ1) is 16.7. The topological polar surface area (TPSA) is 109 Å². The van der Waals surface area contributed by atoms with Crippen molar-refractivity contribution in [2.45, 2.75) is 9.79 Å². The maximum Gasteiger partial charge on any atom is 0.299 e. The van der Waals surface area contributed by atoms with E-state index in [4.69, 9.17) is 4.55 Å². The van der Waals surface area contributed by atoms with Gasteiger partial charge in [0.15, 0.2) is 16.5 Å². The molecule has 0 bridgehead atoms. The molecule has 0 radical (unpaired) electrons. The van der Waals surface area contributed by atoms with Crippen LogP contribution in [0.5, 0.6) is 0 Å². The molecule has 0 saturated carbocycles. The monoisotopic (exact) mass is 374 g/mol. The Hall–Kier alpha value is -2.14. The van der Waals surface area contributed by atoms with Gasteiger partial charge in [0.05, 0.1) is 0 Å². The Morgan fingerprint density at radius 2 is 1.17 bits per heavy atom. The van der Waals surface area contributed by atoms with E-state index in [2.05, 4.69) is 0 Å². The minimum absolute atomic E-state index is 0.391. The molecule has 10 heteroatoms. The molecule has 0 aliphatic rings. The first-order chi connectivity index (χ1) is 11.0. The van der Waals surface area contributed by atoms with Crippen LogP contribution in [0.3, 0.4) is 0 Å². The van der Waals surface area contributed by atoms with E-state index < -0.39 is 52.4 Å². The maximum atomic E-state index is 14.3. The van der Waals surface area contributed by atoms with Gasteiger partial charge in [0, 0.05) is 10.8 Å². The van der Waals surface area contributed by atoms with Crippen molar-refractivity contribution in [2.75, 3.05) is 0 Å². The molecule has 24 heavy (non-hydrogen) atoms. The number of hydrogen-bond donors (Lipinski definition) is 2. The number of fused-ring (bicyclic) bond motifs is 2. The Bertz CT molecular complexity index is 1220. The molecule has 0 aliphatic carbocycles. The molecule has 3 aromatic carbocycles. The Labute approximate surface area is 134 Å². The van der Waals surface area contributed by atoms with Gasteiger partial charge in [-0.3, -0.25) is 9.11 Å². The SMILES string of the molecule is O=S(=O)(O)c1c(F)c(F)c2cc3ccccc3cc2c1S(=O)(=O)O. The zero-order chi connectivity index (χ0) is 17.9. The molecule has 3 rings (SSSR count). The van der Waals surface area contributed by atoms with E-state index in [1.807, 2.05) is 0 Å². The van der Waals surface area contributed by atoms with Crippen LogP contribution in [0.15, 0.2) is 46.2 Å². The second kappa shape index (κ2) is 5.18. The third-order valence-electron chi connectivity index (χ3n) is 3.48. The van der Waals surface area contributed by atoms with Crippen molar-refractivity contribution in [1.29, 1.82) is 0 Å². The highest BCUT2D eigenvalue weighted by atomic mass is 32.2. The summed E-state index contributed by atoms with van der Waals surface area (Å²) in [5.74, 6) is -3.75. The average molecular weight is 374 g/mol. The van der Waals surface area contributed by atoms with E-state index >= 15 is 0 Å². The molecule has 6 nitrogen and oxygen atoms in total. The molecule has 0 atom stereocenters. The van der Waals surface area contributed by atoms with Crippen molar-refractivity contribution in [3.8, 4) is 0 Å². The Morgan fingerprint density at radius 3 is 1.62 bits per heavy atom. The molecule has 0 fully saturated rings. The zero-order valence-electron chi connectivity index (χ0n) is 11.6. The molecule has 2 N–H and O–H groups in total. The zero-order valence-corrected chi connectivity index (χ0v) is 13.2. The van der Waals surface area contributed by atoms with Crippen LogP contribution >= 0.6 is 0 Å². The van der Waals surface area contributed by atoms with E-state index in [9.17, 15) is 30.2 Å². The van der Waals surface area contributed by atoms with Crippen molar-refractivity contribution < 1.29 is 34.7 Å². The van der Waals surface area contributed by atoms with Gasteiger partial charge in [-0.25, -0.2) is 8.78 Å². The smallest absolute Gasteiger partial charge is 0.282 e. The summed E-state index contributed by atoms with van der Waals surface area (Å²) in [6.45, 7) is 0. The molecule has 0 spiro atoms. The molecule has 0 amide bonds. The lowest BCUT2D eigenvalue weighted by Crippen LogP contribution is -2.13. The van der Waals surface area contributed by atoms with Crippen LogP contribution in [-0.2, 0) is 20.2 Å². The van der Waals surface area contributed by atoms with E-state index in [1.54, 1.807) is 18.2 Å². The summed E-state index contributed by atoms with van der Waals surface area (Å²) < 4.78 is 92.7. The van der Waals surface area contributed by atoms with Crippen LogP contribution in [0.1, 0.15) is 0 Å². The van der Waals surface area contributed by atoms with E-state index in [-0.39, 0.29) is 0 Å². The van der Waals surface area contributed by atoms with Gasteiger partial charge < -0.3 is 0 Å². The fourth-order valence-electron chi connectivity index (χ4n) is 2.54. The summed E-state index contributed by atoms with van der Waals surface area (Å²) in [5, 5.41) is -0.291. The third kappa shape index (κ3) is 2.53. The highest BCUT2D eigenvalue weighted by Gasteiger charge is 2.34. The first-order valence-corrected chi connectivity index (χ1v) is 9.18. The Kier molecular flexibility index (Phi) is 3.61. The molecule has 0 heterocycles. The predicted octanol–water partition coefficient (Wildman–Crippen LogP) is 2.76. The van der Waals surface area contributed by atoms with Crippen LogP contribution in [0.2, 0.25) is 0 Å². The standard InChI is InChI=1S/C14H8F2O6S2/c15-11-9-5-7-3-1-2-4-8(7)6-10(9)13(23(17,18)19)14(12(11)16)24(20,21)22/h1-6H,(H,17,18,19)(H,20,21,22). The number of benzene rings is 3. The lowest BCUT2D eigenvalue weighted by atomic mass is 10.0. The highest BCUT2D eigenvalue weighted by Crippen LogP contribution is 2.36. The third-order valence-corrected chi connectivity index (χ3v) is 5.45. The van der Waals surface area contributed by atoms with Crippen molar-refractivity contribution in [1.82, 2.24) is 0 Å². The number of rotatable bonds is 2. The Balaban J connectivity index is 2.73. The van der Waals surface area contributed by atoms with Gasteiger partial charge in [-0.05, 0) is 22.9 Å². The number of hydrogen-bond acceptors (Lipinski definition) is 4. The summed E-state index contributed by atoms with van der Waals surface area (Å²) in [5.41, 5.74) is 0. The molecule has 0 unspecified atom stereocenters. The van der Waals surface area contributed by atoms with Gasteiger partial charge in [0.25, 0.3) is 20.2 Å². The normalized spacial score (nSPS) is 12.8. The van der Waals surface area contributed by atoms with Gasteiger partial charge in [0.1, 0.15) is 4.90 Å². The van der Waals surface area contributed by atoms with Crippen LogP contribution in [-0.4, -0.2) is 25.9 Å². The molecular formula is C14H8F2O6S2. The number of halogens is 2. The van der Waals surface area contributed by atoms with Gasteiger partial charge in [-0.15, -0.1) is 0 Å². The van der Waals surface area contributed by atoms with Crippen LogP contribution in [0.4, 0.5) is 8.78 Å². The Morgan fingerprint density at radius 1 is 0.708 bits per heavy atom. The van der Waals surface area contributed by atoms with E-state index in [0.29, 0.717) is 10.8 Å². The van der Waals surface area contributed by atoms with Crippen LogP contribution < -0.4 is 0 Å². The average Bonchev–Trinajstić information content (AvgIpc) is 2.46. The molecule has 3 aromatic rings. The fraction of sp³-hybridized carbons (Fsp3) is 0. The maximum absolute atomic E-state index is 14.3. The minimum atomic E-state index is -5.47. The van der Waals surface area contributed by atoms with Gasteiger partial charge in [0.2, 0.25) is 0 Å². The van der Waals surface area contributed by atoms with Crippen molar-refractivity contribution >= 4 is 41.8 Å². The lowest BCUT2D eigenvalue weighted by molar-refractivity contribution is 0.441. The largest absolute Gasteiger partial charge is 0.299 e.